The number of rotatable bonds is 5. The maximum atomic E-state index is 12.4. The van der Waals surface area contributed by atoms with E-state index < -0.39 is 0 Å². The summed E-state index contributed by atoms with van der Waals surface area (Å²) >= 11 is 0. The van der Waals surface area contributed by atoms with Crippen LogP contribution in [-0.4, -0.2) is 28.7 Å². The molecule has 0 bridgehead atoms. The summed E-state index contributed by atoms with van der Waals surface area (Å²) in [7, 11) is 0. The first-order valence-corrected chi connectivity index (χ1v) is 8.79. The maximum Gasteiger partial charge on any atom is 0.185 e. The van der Waals surface area contributed by atoms with E-state index in [4.69, 9.17) is 0 Å². The van der Waals surface area contributed by atoms with E-state index >= 15 is 0 Å². The second-order valence-corrected chi connectivity index (χ2v) is 6.29. The Morgan fingerprint density at radius 3 is 2.50 bits per heavy atom. The molecule has 0 amide bonds. The van der Waals surface area contributed by atoms with E-state index in [0.717, 1.165) is 36.5 Å². The zero-order valence-electron chi connectivity index (χ0n) is 14.5. The number of piperidine rings is 1. The molecule has 0 saturated carbocycles. The summed E-state index contributed by atoms with van der Waals surface area (Å²) in [5.74, 6) is 0.0313. The first kappa shape index (κ1) is 16.5. The zero-order valence-corrected chi connectivity index (χ0v) is 14.5. The quantitative estimate of drug-likeness (QED) is 0.614. The molecule has 1 aliphatic heterocycles. The molecule has 3 rings (SSSR count). The van der Waals surface area contributed by atoms with E-state index in [-0.39, 0.29) is 5.78 Å². The van der Waals surface area contributed by atoms with E-state index in [0.29, 0.717) is 0 Å². The molecule has 2 aromatic rings. The molecule has 0 atom stereocenters. The fourth-order valence-corrected chi connectivity index (χ4v) is 3.19. The predicted octanol–water partition coefficient (Wildman–Crippen LogP) is 4.10. The van der Waals surface area contributed by atoms with Gasteiger partial charge in [-0.1, -0.05) is 0 Å². The molecule has 126 valence electrons. The van der Waals surface area contributed by atoms with E-state index in [1.165, 1.54) is 24.9 Å². The monoisotopic (exact) mass is 323 g/mol. The number of ketones is 1. The van der Waals surface area contributed by atoms with Crippen LogP contribution in [0, 0.1) is 6.92 Å². The number of aryl methyl sites for hydroxylation is 1. The van der Waals surface area contributed by atoms with Crippen LogP contribution < -0.4 is 4.90 Å². The van der Waals surface area contributed by atoms with Gasteiger partial charge in [-0.25, -0.2) is 0 Å². The van der Waals surface area contributed by atoms with E-state index in [1.54, 1.807) is 6.08 Å². The van der Waals surface area contributed by atoms with Crippen LogP contribution in [0.15, 0.2) is 36.5 Å². The summed E-state index contributed by atoms with van der Waals surface area (Å²) in [5, 5.41) is 4.30. The zero-order chi connectivity index (χ0) is 16.9. The third-order valence-electron chi connectivity index (χ3n) is 4.73. The van der Waals surface area contributed by atoms with Gasteiger partial charge in [0.25, 0.3) is 0 Å². The summed E-state index contributed by atoms with van der Waals surface area (Å²) in [6, 6.07) is 7.98. The minimum absolute atomic E-state index is 0.0313. The smallest absolute Gasteiger partial charge is 0.185 e. The Labute approximate surface area is 143 Å². The van der Waals surface area contributed by atoms with Gasteiger partial charge in [0.15, 0.2) is 5.78 Å². The van der Waals surface area contributed by atoms with Crippen molar-refractivity contribution in [3.05, 3.63) is 53.4 Å². The molecule has 24 heavy (non-hydrogen) atoms. The van der Waals surface area contributed by atoms with Crippen molar-refractivity contribution in [1.82, 2.24) is 9.78 Å². The molecule has 4 heteroatoms. The molecule has 1 saturated heterocycles. The molecule has 0 unspecified atom stereocenters. The predicted molar refractivity (Wildman–Crippen MR) is 98.5 cm³/mol. The van der Waals surface area contributed by atoms with Gasteiger partial charge in [-0.3, -0.25) is 9.48 Å². The number of aromatic nitrogens is 2. The van der Waals surface area contributed by atoms with Crippen LogP contribution >= 0.6 is 0 Å². The first-order valence-electron chi connectivity index (χ1n) is 8.79. The number of hydrogen-bond acceptors (Lipinski definition) is 3. The lowest BCUT2D eigenvalue weighted by atomic mass is 10.1. The number of carbonyl (C=O) groups is 1. The van der Waals surface area contributed by atoms with Crippen molar-refractivity contribution >= 4 is 17.5 Å². The van der Waals surface area contributed by atoms with Crippen LogP contribution in [0.5, 0.6) is 0 Å². The van der Waals surface area contributed by atoms with Gasteiger partial charge >= 0.3 is 0 Å². The normalized spacial score (nSPS) is 15.2. The maximum absolute atomic E-state index is 12.4. The first-order chi connectivity index (χ1) is 11.7. The summed E-state index contributed by atoms with van der Waals surface area (Å²) in [5.41, 5.74) is 4.03. The molecule has 2 heterocycles. The van der Waals surface area contributed by atoms with Crippen LogP contribution in [0.4, 0.5) is 5.69 Å². The fraction of sp³-hybridized carbons (Fsp3) is 0.400. The van der Waals surface area contributed by atoms with E-state index in [1.807, 2.05) is 36.0 Å². The average molecular weight is 323 g/mol. The van der Waals surface area contributed by atoms with Crippen LogP contribution in [-0.2, 0) is 6.54 Å². The molecule has 1 aromatic heterocycles. The van der Waals surface area contributed by atoms with Gasteiger partial charge in [0.2, 0.25) is 0 Å². The van der Waals surface area contributed by atoms with Crippen molar-refractivity contribution in [2.75, 3.05) is 18.0 Å². The third kappa shape index (κ3) is 3.58. The van der Waals surface area contributed by atoms with Crippen molar-refractivity contribution in [2.24, 2.45) is 0 Å². The molecule has 0 spiro atoms. The molecule has 1 fully saturated rings. The standard InChI is InChI=1S/C20H25N3O/c1-3-23-16(2)18(15-21-23)9-12-20(24)17-7-10-19(11-8-17)22-13-5-4-6-14-22/h7-12,15H,3-6,13-14H2,1-2H3/b12-9+. The molecule has 1 aliphatic rings. The van der Waals surface area contributed by atoms with E-state index in [2.05, 4.69) is 29.1 Å². The largest absolute Gasteiger partial charge is 0.372 e. The minimum atomic E-state index is 0.0313. The molecule has 0 aliphatic carbocycles. The van der Waals surface area contributed by atoms with Gasteiger partial charge in [-0.05, 0) is 69.5 Å². The molecular weight excluding hydrogens is 298 g/mol. The minimum Gasteiger partial charge on any atom is -0.372 e. The number of allylic oxidation sites excluding steroid dienone is 1. The Morgan fingerprint density at radius 2 is 1.88 bits per heavy atom. The van der Waals surface area contributed by atoms with Gasteiger partial charge in [0.1, 0.15) is 0 Å². The lowest BCUT2D eigenvalue weighted by molar-refractivity contribution is 0.104. The van der Waals surface area contributed by atoms with E-state index in [9.17, 15) is 4.79 Å². The van der Waals surface area contributed by atoms with Gasteiger partial charge < -0.3 is 4.90 Å². The van der Waals surface area contributed by atoms with Gasteiger partial charge in [-0.15, -0.1) is 0 Å². The van der Waals surface area contributed by atoms with Crippen LogP contribution in [0.2, 0.25) is 0 Å². The molecule has 0 radical (unpaired) electrons. The van der Waals surface area contributed by atoms with Crippen molar-refractivity contribution in [1.29, 1.82) is 0 Å². The Kier molecular flexibility index (Phi) is 5.14. The summed E-state index contributed by atoms with van der Waals surface area (Å²) in [6.45, 7) is 7.16. The van der Waals surface area contributed by atoms with Gasteiger partial charge in [-0.2, -0.15) is 5.10 Å². The topological polar surface area (TPSA) is 38.1 Å². The van der Waals surface area contributed by atoms with Gasteiger partial charge in [0, 0.05) is 42.1 Å². The highest BCUT2D eigenvalue weighted by atomic mass is 16.1. The Hall–Kier alpha value is -2.36. The van der Waals surface area contributed by atoms with Crippen molar-refractivity contribution in [3.8, 4) is 0 Å². The fourth-order valence-electron chi connectivity index (χ4n) is 3.19. The molecule has 0 N–H and O–H groups in total. The summed E-state index contributed by atoms with van der Waals surface area (Å²) in [4.78, 5) is 14.8. The number of hydrogen-bond donors (Lipinski definition) is 0. The van der Waals surface area contributed by atoms with Crippen LogP contribution in [0.3, 0.4) is 0 Å². The average Bonchev–Trinajstić information content (AvgIpc) is 3.00. The Balaban J connectivity index is 1.68. The third-order valence-corrected chi connectivity index (χ3v) is 4.73. The second kappa shape index (κ2) is 7.47. The molecule has 1 aromatic carbocycles. The SMILES string of the molecule is CCn1ncc(/C=C/C(=O)c2ccc(N3CCCCC3)cc2)c1C. The van der Waals surface area contributed by atoms with Crippen molar-refractivity contribution < 1.29 is 4.79 Å². The number of benzene rings is 1. The second-order valence-electron chi connectivity index (χ2n) is 6.29. The molecule has 4 nitrogen and oxygen atoms in total. The lowest BCUT2D eigenvalue weighted by Gasteiger charge is -2.28. The van der Waals surface area contributed by atoms with Crippen molar-refractivity contribution in [2.45, 2.75) is 39.7 Å². The van der Waals surface area contributed by atoms with Crippen LogP contribution in [0.25, 0.3) is 6.08 Å². The molecular formula is C20H25N3O. The van der Waals surface area contributed by atoms with Crippen LogP contribution in [0.1, 0.15) is 47.8 Å². The Bertz CT molecular complexity index is 722. The highest BCUT2D eigenvalue weighted by molar-refractivity contribution is 6.07. The number of nitrogens with zero attached hydrogens (tertiary/aromatic N) is 3. The Morgan fingerprint density at radius 1 is 1.17 bits per heavy atom. The van der Waals surface area contributed by atoms with Gasteiger partial charge in [0.05, 0.1) is 6.20 Å². The highest BCUT2D eigenvalue weighted by Crippen LogP contribution is 2.20. The number of carbonyl (C=O) groups excluding carboxylic acids is 1. The number of anilines is 1. The summed E-state index contributed by atoms with van der Waals surface area (Å²) in [6.07, 6.45) is 9.14. The highest BCUT2D eigenvalue weighted by Gasteiger charge is 2.11. The van der Waals surface area contributed by atoms with Crippen molar-refractivity contribution in [3.63, 3.8) is 0 Å². The lowest BCUT2D eigenvalue weighted by Crippen LogP contribution is -2.29. The summed E-state index contributed by atoms with van der Waals surface area (Å²) < 4.78 is 1.93.